The minimum atomic E-state index is 0.556. The highest BCUT2D eigenvalue weighted by Crippen LogP contribution is 2.11. The number of nitrogens with zero attached hydrogens (tertiary/aromatic N) is 2. The number of hydrogen-bond donors (Lipinski definition) is 1. The van der Waals surface area contributed by atoms with E-state index in [9.17, 15) is 0 Å². The minimum Gasteiger partial charge on any atom is -0.353 e. The van der Waals surface area contributed by atoms with E-state index < -0.39 is 0 Å². The van der Waals surface area contributed by atoms with Crippen molar-refractivity contribution in [3.05, 3.63) is 11.9 Å². The van der Waals surface area contributed by atoms with E-state index in [4.69, 9.17) is 0 Å². The molecule has 1 aromatic rings. The van der Waals surface area contributed by atoms with E-state index in [1.54, 1.807) is 0 Å². The van der Waals surface area contributed by atoms with Crippen LogP contribution in [0, 0.1) is 6.92 Å². The van der Waals surface area contributed by atoms with Crippen molar-refractivity contribution in [1.82, 2.24) is 9.55 Å². The lowest BCUT2D eigenvalue weighted by Gasteiger charge is -2.16. The lowest BCUT2D eigenvalue weighted by Crippen LogP contribution is -2.20. The van der Waals surface area contributed by atoms with Gasteiger partial charge < -0.3 is 9.88 Å². The molecule has 0 aliphatic carbocycles. The van der Waals surface area contributed by atoms with Crippen molar-refractivity contribution in [2.24, 2.45) is 7.05 Å². The Morgan fingerprint density at radius 3 is 2.64 bits per heavy atom. The van der Waals surface area contributed by atoms with Crippen LogP contribution in [0.4, 0.5) is 5.95 Å². The average molecular weight is 195 g/mol. The molecule has 1 unspecified atom stereocenters. The van der Waals surface area contributed by atoms with Gasteiger partial charge in [-0.05, 0) is 19.8 Å². The third-order valence-corrected chi connectivity index (χ3v) is 2.46. The van der Waals surface area contributed by atoms with Gasteiger partial charge in [-0.15, -0.1) is 0 Å². The Hall–Kier alpha value is -0.990. The zero-order chi connectivity index (χ0) is 10.6. The summed E-state index contributed by atoms with van der Waals surface area (Å²) in [5.41, 5.74) is 1.07. The van der Waals surface area contributed by atoms with E-state index in [0.717, 1.165) is 18.1 Å². The predicted molar refractivity (Wildman–Crippen MR) is 60.6 cm³/mol. The normalized spacial score (nSPS) is 12.9. The topological polar surface area (TPSA) is 29.9 Å². The molecule has 0 bridgehead atoms. The van der Waals surface area contributed by atoms with Crippen LogP contribution < -0.4 is 5.32 Å². The molecule has 1 rings (SSSR count). The van der Waals surface area contributed by atoms with E-state index in [1.807, 2.05) is 24.7 Å². The van der Waals surface area contributed by atoms with Crippen molar-refractivity contribution >= 4 is 5.95 Å². The Balaban J connectivity index is 2.61. The smallest absolute Gasteiger partial charge is 0.202 e. The van der Waals surface area contributed by atoms with Crippen molar-refractivity contribution in [2.45, 2.75) is 46.1 Å². The van der Waals surface area contributed by atoms with Gasteiger partial charge in [-0.1, -0.05) is 20.3 Å². The number of nitrogens with one attached hydrogen (secondary N) is 1. The number of rotatable bonds is 5. The highest BCUT2D eigenvalue weighted by molar-refractivity contribution is 5.29. The number of aryl methyl sites for hydroxylation is 2. The van der Waals surface area contributed by atoms with Crippen LogP contribution >= 0.6 is 0 Å². The monoisotopic (exact) mass is 195 g/mol. The van der Waals surface area contributed by atoms with Gasteiger partial charge in [0.1, 0.15) is 0 Å². The zero-order valence-corrected chi connectivity index (χ0v) is 9.67. The molecule has 1 heterocycles. The first kappa shape index (κ1) is 11.1. The molecule has 0 saturated heterocycles. The van der Waals surface area contributed by atoms with Crippen LogP contribution in [0.1, 0.15) is 38.8 Å². The molecule has 1 atom stereocenters. The summed E-state index contributed by atoms with van der Waals surface area (Å²) >= 11 is 0. The number of hydrogen-bond acceptors (Lipinski definition) is 2. The fourth-order valence-electron chi connectivity index (χ4n) is 1.66. The predicted octanol–water partition coefficient (Wildman–Crippen LogP) is 2.72. The van der Waals surface area contributed by atoms with Gasteiger partial charge in [0.05, 0.1) is 5.69 Å². The van der Waals surface area contributed by atoms with Gasteiger partial charge in [-0.2, -0.15) is 0 Å². The number of imidazole rings is 1. The van der Waals surface area contributed by atoms with Crippen molar-refractivity contribution in [3.63, 3.8) is 0 Å². The molecule has 3 nitrogen and oxygen atoms in total. The maximum absolute atomic E-state index is 4.43. The van der Waals surface area contributed by atoms with Crippen LogP contribution in [0.5, 0.6) is 0 Å². The third kappa shape index (κ3) is 2.76. The second kappa shape index (κ2) is 5.03. The van der Waals surface area contributed by atoms with Crippen molar-refractivity contribution in [3.8, 4) is 0 Å². The summed E-state index contributed by atoms with van der Waals surface area (Å²) in [6, 6.07) is 0.556. The van der Waals surface area contributed by atoms with Crippen LogP contribution in [-0.4, -0.2) is 15.6 Å². The highest BCUT2D eigenvalue weighted by atomic mass is 15.2. The molecule has 0 fully saturated rings. The van der Waals surface area contributed by atoms with Crippen molar-refractivity contribution in [1.29, 1.82) is 0 Å². The molecule has 1 aromatic heterocycles. The Bertz CT molecular complexity index is 278. The van der Waals surface area contributed by atoms with Gasteiger partial charge in [0.15, 0.2) is 0 Å². The van der Waals surface area contributed by atoms with Crippen molar-refractivity contribution in [2.75, 3.05) is 5.32 Å². The third-order valence-electron chi connectivity index (χ3n) is 2.46. The summed E-state index contributed by atoms with van der Waals surface area (Å²) in [7, 11) is 2.03. The quantitative estimate of drug-likeness (QED) is 0.783. The largest absolute Gasteiger partial charge is 0.353 e. The molecule has 0 aromatic carbocycles. The first-order chi connectivity index (χ1) is 6.67. The second-order valence-corrected chi connectivity index (χ2v) is 3.85. The molecule has 0 spiro atoms. The van der Waals surface area contributed by atoms with E-state index >= 15 is 0 Å². The van der Waals surface area contributed by atoms with E-state index in [2.05, 4.69) is 24.1 Å². The molecule has 0 radical (unpaired) electrons. The maximum atomic E-state index is 4.43. The SMILES string of the molecule is CCCC(CC)Nc1nc(C)cn1C. The molecule has 80 valence electrons. The fourth-order valence-corrected chi connectivity index (χ4v) is 1.66. The zero-order valence-electron chi connectivity index (χ0n) is 9.67. The molecule has 14 heavy (non-hydrogen) atoms. The van der Waals surface area contributed by atoms with Gasteiger partial charge in [0, 0.05) is 19.3 Å². The lowest BCUT2D eigenvalue weighted by molar-refractivity contribution is 0.614. The average Bonchev–Trinajstić information content (AvgIpc) is 2.44. The standard InChI is InChI=1S/C11H21N3/c1-5-7-10(6-2)13-11-12-9(3)8-14(11)4/h8,10H,5-7H2,1-4H3,(H,12,13). The molecule has 3 heteroatoms. The fraction of sp³-hybridized carbons (Fsp3) is 0.727. The summed E-state index contributed by atoms with van der Waals surface area (Å²) in [5.74, 6) is 0.989. The van der Waals surface area contributed by atoms with Crippen LogP contribution in [0.15, 0.2) is 6.20 Å². The van der Waals surface area contributed by atoms with Gasteiger partial charge >= 0.3 is 0 Å². The summed E-state index contributed by atoms with van der Waals surface area (Å²) in [4.78, 5) is 4.43. The maximum Gasteiger partial charge on any atom is 0.202 e. The Labute approximate surface area is 86.5 Å². The van der Waals surface area contributed by atoms with Crippen LogP contribution in [0.3, 0.4) is 0 Å². The van der Waals surface area contributed by atoms with E-state index in [0.29, 0.717) is 6.04 Å². The van der Waals surface area contributed by atoms with Crippen LogP contribution in [0.2, 0.25) is 0 Å². The molecule has 0 amide bonds. The van der Waals surface area contributed by atoms with Gasteiger partial charge in [0.2, 0.25) is 5.95 Å². The number of aromatic nitrogens is 2. The first-order valence-electron chi connectivity index (χ1n) is 5.43. The summed E-state index contributed by atoms with van der Waals surface area (Å²) < 4.78 is 2.05. The second-order valence-electron chi connectivity index (χ2n) is 3.85. The van der Waals surface area contributed by atoms with Crippen molar-refractivity contribution < 1.29 is 0 Å². The van der Waals surface area contributed by atoms with Crippen LogP contribution in [-0.2, 0) is 7.05 Å². The van der Waals surface area contributed by atoms with Gasteiger partial charge in [-0.3, -0.25) is 0 Å². The first-order valence-corrected chi connectivity index (χ1v) is 5.43. The minimum absolute atomic E-state index is 0.556. The van der Waals surface area contributed by atoms with Crippen LogP contribution in [0.25, 0.3) is 0 Å². The Morgan fingerprint density at radius 2 is 2.21 bits per heavy atom. The van der Waals surface area contributed by atoms with E-state index in [-0.39, 0.29) is 0 Å². The lowest BCUT2D eigenvalue weighted by atomic mass is 10.1. The Morgan fingerprint density at radius 1 is 1.50 bits per heavy atom. The Kier molecular flexibility index (Phi) is 3.98. The van der Waals surface area contributed by atoms with E-state index in [1.165, 1.54) is 12.8 Å². The highest BCUT2D eigenvalue weighted by Gasteiger charge is 2.08. The summed E-state index contributed by atoms with van der Waals surface area (Å²) in [5, 5.41) is 3.47. The van der Waals surface area contributed by atoms with Gasteiger partial charge in [0.25, 0.3) is 0 Å². The van der Waals surface area contributed by atoms with Gasteiger partial charge in [-0.25, -0.2) is 4.98 Å². The molecule has 0 aliphatic rings. The molecule has 0 saturated carbocycles. The summed E-state index contributed by atoms with van der Waals surface area (Å²) in [6.07, 6.45) is 5.62. The molecular formula is C11H21N3. The molecule has 1 N–H and O–H groups in total. The number of anilines is 1. The summed E-state index contributed by atoms with van der Waals surface area (Å²) in [6.45, 7) is 6.45. The molecular weight excluding hydrogens is 174 g/mol. The molecule has 0 aliphatic heterocycles.